The third-order valence-corrected chi connectivity index (χ3v) is 6.64. The van der Waals surface area contributed by atoms with Gasteiger partial charge in [-0.2, -0.15) is 0 Å². The summed E-state index contributed by atoms with van der Waals surface area (Å²) in [6, 6.07) is 13.2. The molecule has 2 aromatic rings. The summed E-state index contributed by atoms with van der Waals surface area (Å²) in [5, 5.41) is 22.5. The monoisotopic (exact) mass is 532 g/mol. The van der Waals surface area contributed by atoms with Gasteiger partial charge < -0.3 is 25.2 Å². The Balaban J connectivity index is 1.67. The van der Waals surface area contributed by atoms with Crippen LogP contribution in [0.4, 0.5) is 0 Å². The lowest BCUT2D eigenvalue weighted by molar-refractivity contribution is -0.147. The van der Waals surface area contributed by atoms with Crippen LogP contribution in [-0.4, -0.2) is 84.4 Å². The molecule has 2 aromatic carbocycles. The number of nitrogens with one attached hydrogen (secondary N) is 3. The Labute approximate surface area is 220 Å². The number of aliphatic hydroxyl groups excluding tert-OH is 1. The highest BCUT2D eigenvalue weighted by Crippen LogP contribution is 2.27. The van der Waals surface area contributed by atoms with Gasteiger partial charge in [0.25, 0.3) is 0 Å². The number of aliphatic hydroxyl groups is 1. The molecule has 37 heavy (non-hydrogen) atoms. The summed E-state index contributed by atoms with van der Waals surface area (Å²) < 4.78 is 5.00. The van der Waals surface area contributed by atoms with Crippen molar-refractivity contribution in [3.05, 3.63) is 59.1 Å². The van der Waals surface area contributed by atoms with Gasteiger partial charge in [-0.15, -0.1) is 0 Å². The highest BCUT2D eigenvalue weighted by Gasteiger charge is 2.36. The van der Waals surface area contributed by atoms with Gasteiger partial charge in [0, 0.05) is 38.2 Å². The van der Waals surface area contributed by atoms with E-state index in [4.69, 9.17) is 16.3 Å². The van der Waals surface area contributed by atoms with Crippen LogP contribution in [0.15, 0.2) is 48.5 Å². The fraction of sp³-hybridized carbons (Fsp3) is 0.423. The zero-order valence-electron chi connectivity index (χ0n) is 20.8. The number of benzene rings is 2. The minimum absolute atomic E-state index is 0.178. The van der Waals surface area contributed by atoms with E-state index in [2.05, 4.69) is 16.2 Å². The lowest BCUT2D eigenvalue weighted by atomic mass is 9.97. The Hall–Kier alpha value is -3.02. The van der Waals surface area contributed by atoms with Crippen LogP contribution >= 0.6 is 11.6 Å². The number of rotatable bonds is 12. The largest absolute Gasteiger partial charge is 0.479 e. The summed E-state index contributed by atoms with van der Waals surface area (Å²) in [6.45, 7) is 0.818. The van der Waals surface area contributed by atoms with Gasteiger partial charge in [0.2, 0.25) is 11.8 Å². The minimum atomic E-state index is -1.66. The molecule has 0 bridgehead atoms. The van der Waals surface area contributed by atoms with Crippen molar-refractivity contribution in [2.75, 3.05) is 27.3 Å². The first-order chi connectivity index (χ1) is 17.7. The Morgan fingerprint density at radius 2 is 1.84 bits per heavy atom. The van der Waals surface area contributed by atoms with Crippen LogP contribution in [0.3, 0.4) is 0 Å². The standard InChI is InChI=1S/C26H33ClN4O6/c1-31(10-11-37-2)25(34)22-15-21(29-30-22)24(33)28-19(14-23(32)26(35)36)12-18-9-8-17(13-20(18)27)16-6-4-3-5-7-16/h3-9,13,19,21-23,29-30,32H,10-12,14-15H2,1-2H3,(H,28,33)(H,35,36)/t19-,21?,22?,23-/m1/s1. The van der Waals surface area contributed by atoms with Crippen LogP contribution in [0, 0.1) is 0 Å². The molecule has 1 aliphatic heterocycles. The first kappa shape index (κ1) is 28.5. The van der Waals surface area contributed by atoms with E-state index in [-0.39, 0.29) is 25.2 Å². The summed E-state index contributed by atoms with van der Waals surface area (Å²) in [6.07, 6.45) is -1.44. The molecule has 0 aliphatic carbocycles. The molecule has 11 heteroatoms. The Kier molecular flexibility index (Phi) is 10.4. The molecule has 10 nitrogen and oxygen atoms in total. The van der Waals surface area contributed by atoms with E-state index >= 15 is 0 Å². The molecule has 2 unspecified atom stereocenters. The first-order valence-corrected chi connectivity index (χ1v) is 12.4. The maximum atomic E-state index is 13.0. The van der Waals surface area contributed by atoms with Crippen molar-refractivity contribution in [3.63, 3.8) is 0 Å². The van der Waals surface area contributed by atoms with Gasteiger partial charge in [-0.05, 0) is 35.6 Å². The predicted octanol–water partition coefficient (Wildman–Crippen LogP) is 1.21. The lowest BCUT2D eigenvalue weighted by Crippen LogP contribution is -2.49. The van der Waals surface area contributed by atoms with Gasteiger partial charge in [0.15, 0.2) is 6.10 Å². The van der Waals surface area contributed by atoms with E-state index in [1.165, 1.54) is 4.90 Å². The Bertz CT molecular complexity index is 1090. The molecule has 0 radical (unpaired) electrons. The van der Waals surface area contributed by atoms with Crippen LogP contribution < -0.4 is 16.2 Å². The third-order valence-electron chi connectivity index (χ3n) is 6.29. The average molecular weight is 533 g/mol. The number of likely N-dealkylation sites (N-methyl/N-ethyl adjacent to an activating group) is 1. The quantitative estimate of drug-likeness (QED) is 0.275. The number of ether oxygens (including phenoxy) is 1. The van der Waals surface area contributed by atoms with Crippen LogP contribution in [0.1, 0.15) is 18.4 Å². The van der Waals surface area contributed by atoms with Crippen molar-refractivity contribution >= 4 is 29.4 Å². The fourth-order valence-electron chi connectivity index (χ4n) is 4.15. The number of aliphatic carboxylic acids is 1. The van der Waals surface area contributed by atoms with Gasteiger partial charge in [0.05, 0.1) is 6.61 Å². The molecule has 1 fully saturated rings. The molecule has 200 valence electrons. The number of carboxylic acid groups (broad SMARTS) is 1. The number of carboxylic acids is 1. The number of hydrogen-bond donors (Lipinski definition) is 5. The number of hydrazine groups is 1. The second kappa shape index (κ2) is 13.5. The number of hydrogen-bond acceptors (Lipinski definition) is 7. The molecular weight excluding hydrogens is 500 g/mol. The zero-order chi connectivity index (χ0) is 26.9. The van der Waals surface area contributed by atoms with E-state index in [1.807, 2.05) is 48.5 Å². The number of carbonyl (C=O) groups is 3. The second-order valence-electron chi connectivity index (χ2n) is 9.05. The van der Waals surface area contributed by atoms with Crippen molar-refractivity contribution in [2.45, 2.75) is 43.5 Å². The Morgan fingerprint density at radius 3 is 2.49 bits per heavy atom. The summed E-state index contributed by atoms with van der Waals surface area (Å²) in [5.74, 6) is -1.97. The molecule has 1 heterocycles. The molecular formula is C26H33ClN4O6. The number of nitrogens with zero attached hydrogens (tertiary/aromatic N) is 1. The van der Waals surface area contributed by atoms with Crippen LogP contribution in [0.2, 0.25) is 5.02 Å². The number of amides is 2. The predicted molar refractivity (Wildman–Crippen MR) is 139 cm³/mol. The molecule has 0 spiro atoms. The van der Waals surface area contributed by atoms with Crippen molar-refractivity contribution in [2.24, 2.45) is 0 Å². The van der Waals surface area contributed by atoms with Crippen molar-refractivity contribution < 1.29 is 29.3 Å². The molecule has 0 saturated carbocycles. The van der Waals surface area contributed by atoms with Crippen LogP contribution in [0.25, 0.3) is 11.1 Å². The molecule has 3 rings (SSSR count). The van der Waals surface area contributed by atoms with Crippen LogP contribution in [-0.2, 0) is 25.5 Å². The van der Waals surface area contributed by atoms with Crippen molar-refractivity contribution in [3.8, 4) is 11.1 Å². The smallest absolute Gasteiger partial charge is 0.332 e. The molecule has 0 aromatic heterocycles. The summed E-state index contributed by atoms with van der Waals surface area (Å²) in [7, 11) is 3.21. The van der Waals surface area contributed by atoms with Gasteiger partial charge in [0.1, 0.15) is 12.1 Å². The normalized spacial score (nSPS) is 18.7. The molecule has 2 amide bonds. The number of methoxy groups -OCH3 is 1. The van der Waals surface area contributed by atoms with E-state index in [1.54, 1.807) is 14.2 Å². The molecule has 1 saturated heterocycles. The van der Waals surface area contributed by atoms with E-state index in [0.717, 1.165) is 11.1 Å². The lowest BCUT2D eigenvalue weighted by Gasteiger charge is -2.23. The summed E-state index contributed by atoms with van der Waals surface area (Å²) in [5.41, 5.74) is 8.31. The van der Waals surface area contributed by atoms with Crippen molar-refractivity contribution in [1.82, 2.24) is 21.1 Å². The summed E-state index contributed by atoms with van der Waals surface area (Å²) >= 11 is 6.54. The van der Waals surface area contributed by atoms with Crippen LogP contribution in [0.5, 0.6) is 0 Å². The molecule has 4 atom stereocenters. The maximum absolute atomic E-state index is 13.0. The van der Waals surface area contributed by atoms with E-state index in [0.29, 0.717) is 23.7 Å². The van der Waals surface area contributed by atoms with Gasteiger partial charge in [-0.25, -0.2) is 15.6 Å². The topological polar surface area (TPSA) is 140 Å². The van der Waals surface area contributed by atoms with Crippen molar-refractivity contribution in [1.29, 1.82) is 0 Å². The zero-order valence-corrected chi connectivity index (χ0v) is 21.6. The minimum Gasteiger partial charge on any atom is -0.479 e. The molecule has 1 aliphatic rings. The first-order valence-electron chi connectivity index (χ1n) is 12.0. The van der Waals surface area contributed by atoms with Gasteiger partial charge in [-0.1, -0.05) is 54.1 Å². The summed E-state index contributed by atoms with van der Waals surface area (Å²) in [4.78, 5) is 38.4. The SMILES string of the molecule is COCCN(C)C(=O)C1CC(C(=O)N[C@H](Cc2ccc(-c3ccccc3)cc2Cl)C[C@@H](O)C(=O)O)NN1. The number of halogens is 1. The second-order valence-corrected chi connectivity index (χ2v) is 9.46. The van der Waals surface area contributed by atoms with Gasteiger partial charge >= 0.3 is 5.97 Å². The van der Waals surface area contributed by atoms with Gasteiger partial charge in [-0.3, -0.25) is 9.59 Å². The molecule has 5 N–H and O–H groups in total. The maximum Gasteiger partial charge on any atom is 0.332 e. The Morgan fingerprint density at radius 1 is 1.14 bits per heavy atom. The third kappa shape index (κ3) is 7.98. The number of carbonyl (C=O) groups excluding carboxylic acids is 2. The van der Waals surface area contributed by atoms with E-state index in [9.17, 15) is 24.6 Å². The highest BCUT2D eigenvalue weighted by atomic mass is 35.5. The highest BCUT2D eigenvalue weighted by molar-refractivity contribution is 6.31. The average Bonchev–Trinajstić information content (AvgIpc) is 3.39. The van der Waals surface area contributed by atoms with E-state index < -0.39 is 36.1 Å². The fourth-order valence-corrected chi connectivity index (χ4v) is 4.41.